The highest BCUT2D eigenvalue weighted by Gasteiger charge is 2.66. The molecule has 4 saturated carbocycles. The van der Waals surface area contributed by atoms with Crippen molar-refractivity contribution >= 4 is 23.3 Å². The Hall–Kier alpha value is -1.72. The van der Waals surface area contributed by atoms with E-state index in [9.17, 15) is 39.6 Å². The number of fused-ring (bicyclic) bond motifs is 5. The molecule has 40 heavy (non-hydrogen) atoms. The fourth-order valence-corrected chi connectivity index (χ4v) is 9.46. The van der Waals surface area contributed by atoms with E-state index in [2.05, 4.69) is 12.2 Å². The van der Waals surface area contributed by atoms with Crippen LogP contribution in [0.2, 0.25) is 0 Å². The van der Waals surface area contributed by atoms with Crippen molar-refractivity contribution in [3.8, 4) is 0 Å². The number of nitrogens with one attached hydrogen (secondary N) is 1. The third-order valence-corrected chi connectivity index (χ3v) is 12.0. The Morgan fingerprint density at radius 2 is 1.77 bits per heavy atom. The van der Waals surface area contributed by atoms with Crippen LogP contribution in [0.3, 0.4) is 0 Å². The number of rotatable bonds is 6. The van der Waals surface area contributed by atoms with Crippen molar-refractivity contribution in [3.63, 3.8) is 0 Å². The van der Waals surface area contributed by atoms with E-state index in [1.54, 1.807) is 0 Å². The number of Topliss-reactive ketones (excluding diaryl/α,β-unsaturated/α-hetero) is 3. The molecular formula is C30H45NO9. The van der Waals surface area contributed by atoms with Crippen molar-refractivity contribution in [2.75, 3.05) is 6.61 Å². The lowest BCUT2D eigenvalue weighted by atomic mass is 9.44. The van der Waals surface area contributed by atoms with Crippen LogP contribution in [0.25, 0.3) is 0 Å². The number of carbonyl (C=O) groups excluding carboxylic acids is 4. The van der Waals surface area contributed by atoms with Gasteiger partial charge < -0.3 is 30.5 Å². The van der Waals surface area contributed by atoms with E-state index < -0.39 is 48.6 Å². The van der Waals surface area contributed by atoms with E-state index in [1.165, 1.54) is 0 Å². The predicted octanol–water partition coefficient (Wildman–Crippen LogP) is 0.905. The molecule has 0 aromatic heterocycles. The Kier molecular flexibility index (Phi) is 8.07. The van der Waals surface area contributed by atoms with Gasteiger partial charge in [-0.1, -0.05) is 20.8 Å². The predicted molar refractivity (Wildman–Crippen MR) is 141 cm³/mol. The highest BCUT2D eigenvalue weighted by atomic mass is 16.6. The summed E-state index contributed by atoms with van der Waals surface area (Å²) in [7, 11) is 0. The normalized spacial score (nSPS) is 47.7. The molecule has 0 bridgehead atoms. The first-order valence-corrected chi connectivity index (χ1v) is 15.0. The standard InChI is InChI=1S/C30H45NO9/c1-14(4-7-23(36)31-25-27(38)26(37)21(13-32)40-28(25)39)17-5-6-18-24-19(12-22(35)30(17,18)3)29(2)9-8-16(33)10-15(29)11-20(24)34/h14-15,17-19,21,24-28,32,37-39H,4-13H2,1-3H3,(H,31,36)/t14-,15+,17-,18+,19+,21-,24+,25-,26-,27-,28+,29+,30-/m1/s1. The van der Waals surface area contributed by atoms with Crippen molar-refractivity contribution in [2.24, 2.45) is 46.3 Å². The zero-order chi connectivity index (χ0) is 29.1. The first-order chi connectivity index (χ1) is 18.8. The second kappa shape index (κ2) is 10.8. The van der Waals surface area contributed by atoms with Gasteiger partial charge in [0.05, 0.1) is 6.61 Å². The molecule has 5 fully saturated rings. The van der Waals surface area contributed by atoms with E-state index in [0.29, 0.717) is 32.1 Å². The van der Waals surface area contributed by atoms with Crippen LogP contribution in [0.4, 0.5) is 0 Å². The Morgan fingerprint density at radius 1 is 1.05 bits per heavy atom. The van der Waals surface area contributed by atoms with Gasteiger partial charge >= 0.3 is 0 Å². The van der Waals surface area contributed by atoms with Gasteiger partial charge in [-0.2, -0.15) is 0 Å². The van der Waals surface area contributed by atoms with E-state index in [1.807, 2.05) is 13.8 Å². The quantitative estimate of drug-likeness (QED) is 0.315. The first-order valence-electron chi connectivity index (χ1n) is 15.0. The van der Waals surface area contributed by atoms with Crippen LogP contribution in [-0.2, 0) is 23.9 Å². The third-order valence-electron chi connectivity index (χ3n) is 12.0. The fraction of sp³-hybridized carbons (Fsp3) is 0.867. The molecule has 0 radical (unpaired) electrons. The molecule has 13 atom stereocenters. The minimum Gasteiger partial charge on any atom is -0.394 e. The number of aliphatic hydroxyl groups excluding tert-OH is 4. The molecule has 1 aliphatic heterocycles. The number of amides is 1. The van der Waals surface area contributed by atoms with Gasteiger partial charge in [0.2, 0.25) is 5.91 Å². The maximum Gasteiger partial charge on any atom is 0.220 e. The average molecular weight is 564 g/mol. The fourth-order valence-electron chi connectivity index (χ4n) is 9.46. The number of hydrogen-bond donors (Lipinski definition) is 5. The number of ether oxygens (including phenoxy) is 1. The summed E-state index contributed by atoms with van der Waals surface area (Å²) in [6, 6.07) is -1.23. The first kappa shape index (κ1) is 29.8. The molecule has 1 heterocycles. The van der Waals surface area contributed by atoms with E-state index in [-0.39, 0.29) is 64.7 Å². The van der Waals surface area contributed by atoms with Crippen molar-refractivity contribution < 1.29 is 44.3 Å². The molecule has 0 aromatic rings. The summed E-state index contributed by atoms with van der Waals surface area (Å²) in [6.07, 6.45) is -0.931. The van der Waals surface area contributed by atoms with Gasteiger partial charge in [-0.25, -0.2) is 0 Å². The molecule has 0 unspecified atom stereocenters. The van der Waals surface area contributed by atoms with Crippen LogP contribution in [0.1, 0.15) is 78.6 Å². The molecule has 5 rings (SSSR count). The molecule has 1 amide bonds. The Balaban J connectivity index is 1.24. The summed E-state index contributed by atoms with van der Waals surface area (Å²) in [4.78, 5) is 52.5. The Morgan fingerprint density at radius 3 is 2.48 bits per heavy atom. The zero-order valence-electron chi connectivity index (χ0n) is 23.8. The molecule has 10 nitrogen and oxygen atoms in total. The van der Waals surface area contributed by atoms with Crippen LogP contribution in [0.5, 0.6) is 0 Å². The Labute approximate surface area is 235 Å². The number of carbonyl (C=O) groups is 4. The molecule has 1 saturated heterocycles. The Bertz CT molecular complexity index is 1050. The summed E-state index contributed by atoms with van der Waals surface area (Å²) >= 11 is 0. The number of hydrogen-bond acceptors (Lipinski definition) is 9. The summed E-state index contributed by atoms with van der Waals surface area (Å²) < 4.78 is 5.12. The molecule has 10 heteroatoms. The van der Waals surface area contributed by atoms with Crippen LogP contribution in [0, 0.1) is 46.3 Å². The molecule has 5 N–H and O–H groups in total. The molecule has 5 aliphatic rings. The van der Waals surface area contributed by atoms with Crippen LogP contribution < -0.4 is 5.32 Å². The van der Waals surface area contributed by atoms with E-state index in [0.717, 1.165) is 19.3 Å². The smallest absolute Gasteiger partial charge is 0.220 e. The lowest BCUT2D eigenvalue weighted by Gasteiger charge is -2.58. The van der Waals surface area contributed by atoms with E-state index >= 15 is 0 Å². The SMILES string of the molecule is C[C@H](CCC(=O)N[C@@H]1[C@@H](O)[C@H](O)[C@@H](CO)O[C@@H]1O)[C@H]1CC[C@H]2[C@@H]3C(=O)C[C@@H]4CC(=O)CC[C@]4(C)[C@H]3CC(=O)[C@]12C. The number of aliphatic hydroxyl groups is 4. The minimum absolute atomic E-state index is 0.00592. The molecule has 0 aromatic carbocycles. The molecule has 224 valence electrons. The van der Waals surface area contributed by atoms with Crippen molar-refractivity contribution in [3.05, 3.63) is 0 Å². The van der Waals surface area contributed by atoms with Gasteiger partial charge in [0.25, 0.3) is 0 Å². The molecule has 0 spiro atoms. The van der Waals surface area contributed by atoms with Gasteiger partial charge in [-0.05, 0) is 60.7 Å². The topological polar surface area (TPSA) is 170 Å². The highest BCUT2D eigenvalue weighted by molar-refractivity contribution is 5.93. The maximum absolute atomic E-state index is 13.9. The zero-order valence-corrected chi connectivity index (χ0v) is 23.8. The van der Waals surface area contributed by atoms with Crippen LogP contribution >= 0.6 is 0 Å². The second-order valence-corrected chi connectivity index (χ2v) is 13.8. The van der Waals surface area contributed by atoms with Gasteiger partial charge in [-0.15, -0.1) is 0 Å². The van der Waals surface area contributed by atoms with Gasteiger partial charge in [0.1, 0.15) is 41.7 Å². The van der Waals surface area contributed by atoms with E-state index in [4.69, 9.17) is 4.74 Å². The molecular weight excluding hydrogens is 518 g/mol. The average Bonchev–Trinajstić information content (AvgIpc) is 3.27. The minimum atomic E-state index is -1.57. The lowest BCUT2D eigenvalue weighted by Crippen LogP contribution is -2.64. The van der Waals surface area contributed by atoms with Crippen LogP contribution in [-0.4, -0.2) is 80.9 Å². The van der Waals surface area contributed by atoms with Crippen molar-refractivity contribution in [2.45, 2.75) is 109 Å². The third kappa shape index (κ3) is 4.68. The monoisotopic (exact) mass is 563 g/mol. The van der Waals surface area contributed by atoms with Gasteiger partial charge in [0, 0.05) is 43.4 Å². The summed E-state index contributed by atoms with van der Waals surface area (Å²) in [5, 5.41) is 42.4. The highest BCUT2D eigenvalue weighted by Crippen LogP contribution is 2.66. The lowest BCUT2D eigenvalue weighted by molar-refractivity contribution is -0.253. The summed E-state index contributed by atoms with van der Waals surface area (Å²) in [5.41, 5.74) is -0.790. The second-order valence-electron chi connectivity index (χ2n) is 13.8. The molecule has 4 aliphatic carbocycles. The summed E-state index contributed by atoms with van der Waals surface area (Å²) in [5.74, 6) is 0.156. The van der Waals surface area contributed by atoms with Gasteiger partial charge in [0.15, 0.2) is 6.29 Å². The van der Waals surface area contributed by atoms with Crippen molar-refractivity contribution in [1.29, 1.82) is 0 Å². The van der Waals surface area contributed by atoms with Gasteiger partial charge in [-0.3, -0.25) is 19.2 Å². The number of ketones is 3. The van der Waals surface area contributed by atoms with Crippen LogP contribution in [0.15, 0.2) is 0 Å². The largest absolute Gasteiger partial charge is 0.394 e. The maximum atomic E-state index is 13.9. The van der Waals surface area contributed by atoms with Crippen molar-refractivity contribution in [1.82, 2.24) is 5.32 Å². The summed E-state index contributed by atoms with van der Waals surface area (Å²) in [6.45, 7) is 5.69.